The van der Waals surface area contributed by atoms with Gasteiger partial charge in [0.2, 0.25) is 0 Å². The molecule has 1 saturated heterocycles. The maximum atomic E-state index is 5.71. The van der Waals surface area contributed by atoms with Crippen LogP contribution in [0.4, 0.5) is 0 Å². The Labute approximate surface area is 85.4 Å². The first-order valence-electron chi connectivity index (χ1n) is 3.98. The van der Waals surface area contributed by atoms with Gasteiger partial charge < -0.3 is 10.1 Å². The van der Waals surface area contributed by atoms with E-state index >= 15 is 0 Å². The molecule has 1 N–H and O–H groups in total. The fraction of sp³-hybridized carbons (Fsp3) is 0.333. The van der Waals surface area contributed by atoms with E-state index in [1.807, 2.05) is 18.2 Å². The molecule has 2 rings (SSSR count). The lowest BCUT2D eigenvalue weighted by Crippen LogP contribution is -2.50. The van der Waals surface area contributed by atoms with Crippen molar-refractivity contribution in [3.8, 4) is 5.75 Å². The van der Waals surface area contributed by atoms with Crippen molar-refractivity contribution >= 4 is 22.6 Å². The average Bonchev–Trinajstić information content (AvgIpc) is 2.00. The van der Waals surface area contributed by atoms with Gasteiger partial charge in [-0.05, 0) is 34.7 Å². The smallest absolute Gasteiger partial charge is 0.133 e. The summed E-state index contributed by atoms with van der Waals surface area (Å²) in [5, 5.41) is 3.17. The van der Waals surface area contributed by atoms with Gasteiger partial charge in [0.25, 0.3) is 0 Å². The molecule has 1 fully saturated rings. The maximum Gasteiger partial charge on any atom is 0.133 e. The predicted molar refractivity (Wildman–Crippen MR) is 56.4 cm³/mol. The van der Waals surface area contributed by atoms with Gasteiger partial charge in [-0.2, -0.15) is 0 Å². The molecule has 0 atom stereocenters. The third-order valence-corrected chi connectivity index (χ3v) is 2.77. The first-order valence-corrected chi connectivity index (χ1v) is 5.06. The van der Waals surface area contributed by atoms with Crippen LogP contribution in [0.2, 0.25) is 0 Å². The number of benzene rings is 1. The predicted octanol–water partition coefficient (Wildman–Crippen LogP) is 1.64. The Morgan fingerprint density at radius 1 is 1.33 bits per heavy atom. The van der Waals surface area contributed by atoms with Gasteiger partial charge >= 0.3 is 0 Å². The van der Waals surface area contributed by atoms with Crippen molar-refractivity contribution < 1.29 is 4.74 Å². The zero-order chi connectivity index (χ0) is 8.39. The molecule has 2 nitrogen and oxygen atoms in total. The second-order valence-electron chi connectivity index (χ2n) is 2.83. The molecule has 0 saturated carbocycles. The van der Waals surface area contributed by atoms with E-state index in [-0.39, 0.29) is 0 Å². The van der Waals surface area contributed by atoms with Crippen molar-refractivity contribution in [1.29, 1.82) is 0 Å². The van der Waals surface area contributed by atoms with Gasteiger partial charge in [0.05, 0.1) is 3.57 Å². The Bertz CT molecular complexity index is 273. The van der Waals surface area contributed by atoms with Crippen molar-refractivity contribution in [1.82, 2.24) is 5.32 Å². The van der Waals surface area contributed by atoms with Crippen LogP contribution in [0, 0.1) is 3.57 Å². The number of halogens is 1. The van der Waals surface area contributed by atoms with Crippen LogP contribution in [0.5, 0.6) is 5.75 Å². The van der Waals surface area contributed by atoms with Crippen LogP contribution >= 0.6 is 22.6 Å². The summed E-state index contributed by atoms with van der Waals surface area (Å²) in [4.78, 5) is 0. The molecule has 12 heavy (non-hydrogen) atoms. The summed E-state index contributed by atoms with van der Waals surface area (Å²) < 4.78 is 6.89. The third kappa shape index (κ3) is 1.72. The highest BCUT2D eigenvalue weighted by atomic mass is 127. The van der Waals surface area contributed by atoms with E-state index < -0.39 is 0 Å². The fourth-order valence-electron chi connectivity index (χ4n) is 1.07. The summed E-state index contributed by atoms with van der Waals surface area (Å²) >= 11 is 2.29. The first kappa shape index (κ1) is 8.31. The van der Waals surface area contributed by atoms with E-state index in [0.29, 0.717) is 6.10 Å². The Morgan fingerprint density at radius 2 is 2.08 bits per heavy atom. The highest BCUT2D eigenvalue weighted by Crippen LogP contribution is 2.21. The second-order valence-corrected chi connectivity index (χ2v) is 3.99. The molecule has 3 heteroatoms. The number of ether oxygens (including phenoxy) is 1. The number of rotatable bonds is 2. The van der Waals surface area contributed by atoms with E-state index in [1.54, 1.807) is 0 Å². The molecule has 0 aliphatic carbocycles. The zero-order valence-corrected chi connectivity index (χ0v) is 8.74. The van der Waals surface area contributed by atoms with Gasteiger partial charge in [0, 0.05) is 13.1 Å². The van der Waals surface area contributed by atoms with E-state index in [1.165, 1.54) is 3.57 Å². The molecule has 0 amide bonds. The molecule has 0 unspecified atom stereocenters. The minimum Gasteiger partial charge on any atom is -0.487 e. The molecule has 64 valence electrons. The summed E-state index contributed by atoms with van der Waals surface area (Å²) in [6, 6.07) is 8.10. The van der Waals surface area contributed by atoms with Crippen molar-refractivity contribution in [3.63, 3.8) is 0 Å². The maximum absolute atomic E-state index is 5.71. The number of hydrogen-bond acceptors (Lipinski definition) is 2. The molecule has 0 aromatic heterocycles. The number of hydrogen-bond donors (Lipinski definition) is 1. The number of nitrogens with one attached hydrogen (secondary N) is 1. The summed E-state index contributed by atoms with van der Waals surface area (Å²) in [6.45, 7) is 1.95. The Balaban J connectivity index is 2.06. The van der Waals surface area contributed by atoms with Gasteiger partial charge in [-0.25, -0.2) is 0 Å². The summed E-state index contributed by atoms with van der Waals surface area (Å²) in [5.41, 5.74) is 0. The fourth-order valence-corrected chi connectivity index (χ4v) is 1.58. The van der Waals surface area contributed by atoms with Crippen LogP contribution in [-0.2, 0) is 0 Å². The van der Waals surface area contributed by atoms with E-state index in [2.05, 4.69) is 34.0 Å². The lowest BCUT2D eigenvalue weighted by molar-refractivity contribution is 0.141. The molecule has 1 aromatic rings. The quantitative estimate of drug-likeness (QED) is 0.828. The normalized spacial score (nSPS) is 17.1. The van der Waals surface area contributed by atoms with Crippen LogP contribution in [0.3, 0.4) is 0 Å². The topological polar surface area (TPSA) is 21.3 Å². The third-order valence-electron chi connectivity index (χ3n) is 1.87. The van der Waals surface area contributed by atoms with Crippen molar-refractivity contribution in [3.05, 3.63) is 27.8 Å². The van der Waals surface area contributed by atoms with Crippen LogP contribution < -0.4 is 10.1 Å². The second kappa shape index (κ2) is 3.62. The molecule has 0 bridgehead atoms. The van der Waals surface area contributed by atoms with E-state index in [9.17, 15) is 0 Å². The molecular weight excluding hydrogens is 265 g/mol. The largest absolute Gasteiger partial charge is 0.487 e. The summed E-state index contributed by atoms with van der Waals surface area (Å²) in [5.74, 6) is 1.00. The highest BCUT2D eigenvalue weighted by Gasteiger charge is 2.18. The van der Waals surface area contributed by atoms with E-state index in [0.717, 1.165) is 18.8 Å². The lowest BCUT2D eigenvalue weighted by Gasteiger charge is -2.28. The van der Waals surface area contributed by atoms with Gasteiger partial charge in [-0.1, -0.05) is 12.1 Å². The van der Waals surface area contributed by atoms with Crippen LogP contribution in [0.1, 0.15) is 0 Å². The highest BCUT2D eigenvalue weighted by molar-refractivity contribution is 14.1. The standard InChI is InChI=1S/C9H10INO/c10-8-3-1-2-4-9(8)12-7-5-11-6-7/h1-4,7,11H,5-6H2. The lowest BCUT2D eigenvalue weighted by atomic mass is 10.2. The summed E-state index contributed by atoms with van der Waals surface area (Å²) in [6.07, 6.45) is 0.376. The van der Waals surface area contributed by atoms with E-state index in [4.69, 9.17) is 4.74 Å². The molecule has 1 aliphatic heterocycles. The monoisotopic (exact) mass is 275 g/mol. The zero-order valence-electron chi connectivity index (χ0n) is 6.59. The molecule has 1 aliphatic rings. The summed E-state index contributed by atoms with van der Waals surface area (Å²) in [7, 11) is 0. The van der Waals surface area contributed by atoms with Crippen LogP contribution in [0.25, 0.3) is 0 Å². The average molecular weight is 275 g/mol. The van der Waals surface area contributed by atoms with Crippen molar-refractivity contribution in [2.75, 3.05) is 13.1 Å². The SMILES string of the molecule is Ic1ccccc1OC1CNC1. The first-order chi connectivity index (χ1) is 5.86. The van der Waals surface area contributed by atoms with Gasteiger partial charge in [0.1, 0.15) is 11.9 Å². The van der Waals surface area contributed by atoms with Gasteiger partial charge in [-0.15, -0.1) is 0 Å². The number of para-hydroxylation sites is 1. The Morgan fingerprint density at radius 3 is 2.67 bits per heavy atom. The van der Waals surface area contributed by atoms with Gasteiger partial charge in [0.15, 0.2) is 0 Å². The molecular formula is C9H10INO. The molecule has 0 spiro atoms. The molecule has 1 aromatic carbocycles. The Kier molecular flexibility index (Phi) is 2.51. The van der Waals surface area contributed by atoms with Gasteiger partial charge in [-0.3, -0.25) is 0 Å². The van der Waals surface area contributed by atoms with Crippen LogP contribution in [0.15, 0.2) is 24.3 Å². The molecule has 0 radical (unpaired) electrons. The minimum absolute atomic E-state index is 0.376. The van der Waals surface area contributed by atoms with Crippen LogP contribution in [-0.4, -0.2) is 19.2 Å². The molecule has 1 heterocycles. The van der Waals surface area contributed by atoms with Crippen molar-refractivity contribution in [2.45, 2.75) is 6.10 Å². The van der Waals surface area contributed by atoms with Crippen molar-refractivity contribution in [2.24, 2.45) is 0 Å². The Hall–Kier alpha value is -0.290. The minimum atomic E-state index is 0.376.